The number of nitrogens with one attached hydrogen (secondary N) is 1. The molecule has 188 valence electrons. The monoisotopic (exact) mass is 482 g/mol. The number of primary amides is 1. The molecule has 0 radical (unpaired) electrons. The molecule has 0 bridgehead atoms. The molecular formula is C23H32F2N4O5. The summed E-state index contributed by atoms with van der Waals surface area (Å²) in [5.41, 5.74) is 5.90. The smallest absolute Gasteiger partial charge is 0.387 e. The van der Waals surface area contributed by atoms with Crippen molar-refractivity contribution in [1.82, 2.24) is 4.90 Å². The van der Waals surface area contributed by atoms with Crippen LogP contribution in [0, 0.1) is 11.8 Å². The first-order valence-corrected chi connectivity index (χ1v) is 11.5. The Balaban J connectivity index is 1.84. The van der Waals surface area contributed by atoms with Crippen molar-refractivity contribution in [3.63, 3.8) is 0 Å². The molecule has 2 fully saturated rings. The normalized spacial score (nSPS) is 17.7. The zero-order valence-corrected chi connectivity index (χ0v) is 19.5. The van der Waals surface area contributed by atoms with E-state index in [1.807, 2.05) is 13.8 Å². The molecular weight excluding hydrogens is 450 g/mol. The molecule has 2 aliphatic rings. The fraction of sp³-hybridized carbons (Fsp3) is 0.609. The first-order valence-electron chi connectivity index (χ1n) is 11.5. The average molecular weight is 483 g/mol. The van der Waals surface area contributed by atoms with Crippen LogP contribution in [-0.2, 0) is 19.1 Å². The van der Waals surface area contributed by atoms with Crippen LogP contribution in [0.25, 0.3) is 0 Å². The van der Waals surface area contributed by atoms with E-state index >= 15 is 0 Å². The minimum Gasteiger partial charge on any atom is -0.433 e. The highest BCUT2D eigenvalue weighted by Crippen LogP contribution is 2.33. The standard InChI is InChI=1S/C23H32F2N4O5/c1-14(2)11-28(12-15-4-3-5-15)20(21(26)31)22(32)27-17-7-6-16(10-18(17)34-23(24)25)29-8-9-33-13-19(29)30/h6-7,10,14-15,20,23H,3-5,8-9,11-13H2,1-2H3,(H2,26,31)(H,27,32)/t20-/m1/s1. The number of hydrogen-bond acceptors (Lipinski definition) is 6. The van der Waals surface area contributed by atoms with Crippen LogP contribution in [0.15, 0.2) is 18.2 Å². The van der Waals surface area contributed by atoms with Gasteiger partial charge in [0, 0.05) is 31.4 Å². The molecule has 3 rings (SSSR count). The summed E-state index contributed by atoms with van der Waals surface area (Å²) in [4.78, 5) is 40.8. The van der Waals surface area contributed by atoms with E-state index in [0.717, 1.165) is 19.3 Å². The Morgan fingerprint density at radius 2 is 2.06 bits per heavy atom. The number of halogens is 2. The third-order valence-corrected chi connectivity index (χ3v) is 5.94. The lowest BCUT2D eigenvalue weighted by molar-refractivity contribution is -0.133. The number of nitrogens with two attached hydrogens (primary N) is 1. The molecule has 1 saturated heterocycles. The van der Waals surface area contributed by atoms with Gasteiger partial charge in [-0.15, -0.1) is 0 Å². The summed E-state index contributed by atoms with van der Waals surface area (Å²) < 4.78 is 36.0. The van der Waals surface area contributed by atoms with Gasteiger partial charge in [0.25, 0.3) is 11.8 Å². The molecule has 1 aliphatic carbocycles. The highest BCUT2D eigenvalue weighted by atomic mass is 19.3. The van der Waals surface area contributed by atoms with Gasteiger partial charge >= 0.3 is 6.61 Å². The van der Waals surface area contributed by atoms with E-state index in [-0.39, 0.29) is 36.4 Å². The maximum Gasteiger partial charge on any atom is 0.387 e. The molecule has 1 saturated carbocycles. The number of benzene rings is 1. The quantitative estimate of drug-likeness (QED) is 0.468. The second-order valence-corrected chi connectivity index (χ2v) is 9.10. The van der Waals surface area contributed by atoms with Crippen molar-refractivity contribution in [3.05, 3.63) is 18.2 Å². The van der Waals surface area contributed by atoms with E-state index in [9.17, 15) is 23.2 Å². The Morgan fingerprint density at radius 1 is 1.32 bits per heavy atom. The van der Waals surface area contributed by atoms with Gasteiger partial charge in [0.2, 0.25) is 5.91 Å². The van der Waals surface area contributed by atoms with Crippen LogP contribution in [0.3, 0.4) is 0 Å². The minimum atomic E-state index is -3.16. The number of carbonyl (C=O) groups excluding carboxylic acids is 3. The zero-order valence-electron chi connectivity index (χ0n) is 19.5. The molecule has 1 atom stereocenters. The minimum absolute atomic E-state index is 0.0471. The predicted molar refractivity (Wildman–Crippen MR) is 122 cm³/mol. The van der Waals surface area contributed by atoms with E-state index in [1.54, 1.807) is 4.90 Å². The number of amides is 3. The zero-order chi connectivity index (χ0) is 24.8. The van der Waals surface area contributed by atoms with Crippen LogP contribution in [-0.4, -0.2) is 68.1 Å². The highest BCUT2D eigenvalue weighted by molar-refractivity contribution is 6.10. The molecule has 11 heteroatoms. The van der Waals surface area contributed by atoms with Gasteiger partial charge in [-0.2, -0.15) is 8.78 Å². The van der Waals surface area contributed by atoms with Gasteiger partial charge in [-0.3, -0.25) is 19.3 Å². The second kappa shape index (κ2) is 11.6. The number of anilines is 2. The fourth-order valence-corrected chi connectivity index (χ4v) is 4.20. The highest BCUT2D eigenvalue weighted by Gasteiger charge is 2.35. The van der Waals surface area contributed by atoms with Crippen molar-refractivity contribution in [3.8, 4) is 5.75 Å². The summed E-state index contributed by atoms with van der Waals surface area (Å²) in [6.45, 7) is 2.28. The van der Waals surface area contributed by atoms with E-state index < -0.39 is 24.5 Å². The molecule has 1 aromatic carbocycles. The van der Waals surface area contributed by atoms with Crippen molar-refractivity contribution in [2.24, 2.45) is 17.6 Å². The maximum absolute atomic E-state index is 13.2. The fourth-order valence-electron chi connectivity index (χ4n) is 4.20. The summed E-state index contributed by atoms with van der Waals surface area (Å²) >= 11 is 0. The van der Waals surface area contributed by atoms with Crippen LogP contribution >= 0.6 is 0 Å². The molecule has 0 aromatic heterocycles. The van der Waals surface area contributed by atoms with Crippen LogP contribution in [0.4, 0.5) is 20.2 Å². The number of nitrogens with zero attached hydrogens (tertiary/aromatic N) is 2. The van der Waals surface area contributed by atoms with Gasteiger partial charge < -0.3 is 25.4 Å². The van der Waals surface area contributed by atoms with Gasteiger partial charge in [-0.1, -0.05) is 20.3 Å². The lowest BCUT2D eigenvalue weighted by atomic mass is 9.84. The number of alkyl halides is 2. The molecule has 0 spiro atoms. The Hall–Kier alpha value is -2.79. The Morgan fingerprint density at radius 3 is 2.62 bits per heavy atom. The third kappa shape index (κ3) is 6.63. The number of ether oxygens (including phenoxy) is 2. The van der Waals surface area contributed by atoms with Gasteiger partial charge in [-0.25, -0.2) is 0 Å². The Kier molecular flexibility index (Phi) is 8.78. The van der Waals surface area contributed by atoms with Gasteiger partial charge in [0.1, 0.15) is 6.61 Å². The number of hydrogen-bond donors (Lipinski definition) is 2. The lowest BCUT2D eigenvalue weighted by Crippen LogP contribution is -2.54. The first kappa shape index (κ1) is 25.8. The van der Waals surface area contributed by atoms with Crippen LogP contribution in [0.5, 0.6) is 5.75 Å². The molecule has 9 nitrogen and oxygen atoms in total. The molecule has 3 amide bonds. The lowest BCUT2D eigenvalue weighted by Gasteiger charge is -2.36. The van der Waals surface area contributed by atoms with Crippen LogP contribution in [0.2, 0.25) is 0 Å². The predicted octanol–water partition coefficient (Wildman–Crippen LogP) is 2.20. The molecule has 0 unspecified atom stereocenters. The topological polar surface area (TPSA) is 114 Å². The van der Waals surface area contributed by atoms with Gasteiger partial charge in [0.15, 0.2) is 11.8 Å². The molecule has 1 aromatic rings. The number of rotatable bonds is 11. The Bertz CT molecular complexity index is 894. The van der Waals surface area contributed by atoms with Crippen molar-refractivity contribution < 1.29 is 32.6 Å². The number of morpholine rings is 1. The van der Waals surface area contributed by atoms with E-state index in [2.05, 4.69) is 10.1 Å². The van der Waals surface area contributed by atoms with Crippen molar-refractivity contribution in [2.75, 3.05) is 43.1 Å². The molecule has 34 heavy (non-hydrogen) atoms. The maximum atomic E-state index is 13.2. The molecule has 3 N–H and O–H groups in total. The SMILES string of the molecule is CC(C)CN(CC1CCC1)[C@H](C(N)=O)C(=O)Nc1ccc(N2CCOCC2=O)cc1OC(F)F. The van der Waals surface area contributed by atoms with Crippen LogP contribution in [0.1, 0.15) is 33.1 Å². The summed E-state index contributed by atoms with van der Waals surface area (Å²) in [6.07, 6.45) is 3.16. The van der Waals surface area contributed by atoms with E-state index in [1.165, 1.54) is 23.1 Å². The van der Waals surface area contributed by atoms with Crippen LogP contribution < -0.4 is 20.7 Å². The summed E-state index contributed by atoms with van der Waals surface area (Å²) in [6, 6.07) is 2.87. The summed E-state index contributed by atoms with van der Waals surface area (Å²) in [5.74, 6) is -1.61. The van der Waals surface area contributed by atoms with E-state index in [4.69, 9.17) is 10.5 Å². The Labute approximate surface area is 197 Å². The molecule has 1 aliphatic heterocycles. The first-order chi connectivity index (χ1) is 16.2. The van der Waals surface area contributed by atoms with E-state index in [0.29, 0.717) is 31.3 Å². The summed E-state index contributed by atoms with van der Waals surface area (Å²) in [7, 11) is 0. The van der Waals surface area contributed by atoms with Gasteiger partial charge in [0.05, 0.1) is 12.3 Å². The summed E-state index contributed by atoms with van der Waals surface area (Å²) in [5, 5.41) is 2.53. The molecule has 1 heterocycles. The van der Waals surface area contributed by atoms with Crippen molar-refractivity contribution in [1.29, 1.82) is 0 Å². The average Bonchev–Trinajstić information content (AvgIpc) is 2.71. The largest absolute Gasteiger partial charge is 0.433 e. The second-order valence-electron chi connectivity index (χ2n) is 9.10. The van der Waals surface area contributed by atoms with Gasteiger partial charge in [-0.05, 0) is 36.8 Å². The number of carbonyl (C=O) groups is 3. The van der Waals surface area contributed by atoms with Crippen molar-refractivity contribution >= 4 is 29.1 Å². The third-order valence-electron chi connectivity index (χ3n) is 5.94. The van der Waals surface area contributed by atoms with Crippen molar-refractivity contribution in [2.45, 2.75) is 45.8 Å².